The first kappa shape index (κ1) is 14.7. The molecule has 0 bridgehead atoms. The molecular weight excluding hydrogens is 282 g/mol. The summed E-state index contributed by atoms with van der Waals surface area (Å²) in [4.78, 5) is 8.04. The Morgan fingerprint density at radius 2 is 2.29 bits per heavy atom. The fourth-order valence-corrected chi connectivity index (χ4v) is 4.27. The summed E-state index contributed by atoms with van der Waals surface area (Å²) >= 11 is 1.77. The molecule has 0 radical (unpaired) electrons. The number of H-pyrrole nitrogens is 1. The summed E-state index contributed by atoms with van der Waals surface area (Å²) in [6, 6.07) is 6.19. The number of hydrogen-bond acceptors (Lipinski definition) is 4. The highest BCUT2D eigenvalue weighted by Gasteiger charge is 2.40. The van der Waals surface area contributed by atoms with Gasteiger partial charge in [-0.05, 0) is 37.3 Å². The highest BCUT2D eigenvalue weighted by atomic mass is 32.2. The molecule has 21 heavy (non-hydrogen) atoms. The van der Waals surface area contributed by atoms with Crippen molar-refractivity contribution < 1.29 is 4.74 Å². The fraction of sp³-hybridized carbons (Fsp3) is 0.562. The summed E-state index contributed by atoms with van der Waals surface area (Å²) < 4.78 is 5.53. The quantitative estimate of drug-likeness (QED) is 0.906. The zero-order valence-electron chi connectivity index (χ0n) is 12.8. The molecule has 2 atom stereocenters. The number of nitrogens with zero attached hydrogens (tertiary/aromatic N) is 1. The van der Waals surface area contributed by atoms with E-state index in [1.54, 1.807) is 11.8 Å². The van der Waals surface area contributed by atoms with E-state index in [-0.39, 0.29) is 11.5 Å². The maximum Gasteiger partial charge on any atom is 0.166 e. The van der Waals surface area contributed by atoms with E-state index in [9.17, 15) is 0 Å². The second kappa shape index (κ2) is 5.54. The van der Waals surface area contributed by atoms with E-state index in [0.29, 0.717) is 11.9 Å². The molecule has 1 aliphatic carbocycles. The van der Waals surface area contributed by atoms with Gasteiger partial charge in [0.05, 0.1) is 17.6 Å². The van der Waals surface area contributed by atoms with Crippen LogP contribution in [0.25, 0.3) is 11.0 Å². The highest BCUT2D eigenvalue weighted by Crippen LogP contribution is 2.43. The van der Waals surface area contributed by atoms with Crippen LogP contribution in [0.4, 0.5) is 0 Å². The Morgan fingerprint density at radius 3 is 2.95 bits per heavy atom. The molecule has 1 aromatic carbocycles. The number of hydrogen-bond donors (Lipinski definition) is 2. The van der Waals surface area contributed by atoms with E-state index >= 15 is 0 Å². The van der Waals surface area contributed by atoms with Gasteiger partial charge in [-0.3, -0.25) is 0 Å². The zero-order valence-corrected chi connectivity index (χ0v) is 13.7. The van der Waals surface area contributed by atoms with Crippen LogP contribution in [0.2, 0.25) is 0 Å². The van der Waals surface area contributed by atoms with Gasteiger partial charge in [-0.2, -0.15) is 0 Å². The Balaban J connectivity index is 1.79. The monoisotopic (exact) mass is 305 g/mol. The van der Waals surface area contributed by atoms with Crippen LogP contribution in [0.1, 0.15) is 33.6 Å². The Labute approximate surface area is 129 Å². The smallest absolute Gasteiger partial charge is 0.166 e. The minimum atomic E-state index is 0.217. The van der Waals surface area contributed by atoms with Crippen molar-refractivity contribution in [1.29, 1.82) is 0 Å². The number of imidazole rings is 1. The average molecular weight is 305 g/mol. The molecule has 3 rings (SSSR count). The standard InChI is InChI=1S/C16H23N3OS/c1-4-20-10-5-6-11-12(9-10)19-15(18-11)21-13-7-8-16(2,3)14(13)17/h5-6,9,13-14H,4,7-8,17H2,1-3H3,(H,18,19). The van der Waals surface area contributed by atoms with Gasteiger partial charge >= 0.3 is 0 Å². The van der Waals surface area contributed by atoms with Crippen LogP contribution in [0.15, 0.2) is 23.4 Å². The summed E-state index contributed by atoms with van der Waals surface area (Å²) in [5, 5.41) is 1.39. The Hall–Kier alpha value is -1.20. The van der Waals surface area contributed by atoms with E-state index in [4.69, 9.17) is 10.5 Å². The first-order valence-corrected chi connectivity index (χ1v) is 8.42. The zero-order chi connectivity index (χ0) is 15.0. The largest absolute Gasteiger partial charge is 0.494 e. The number of thioether (sulfide) groups is 1. The Kier molecular flexibility index (Phi) is 3.88. The number of ether oxygens (including phenoxy) is 1. The van der Waals surface area contributed by atoms with Crippen LogP contribution in [-0.4, -0.2) is 27.9 Å². The number of benzene rings is 1. The average Bonchev–Trinajstić information content (AvgIpc) is 2.94. The van der Waals surface area contributed by atoms with Crippen molar-refractivity contribution in [3.8, 4) is 5.75 Å². The number of nitrogens with two attached hydrogens (primary N) is 1. The van der Waals surface area contributed by atoms with Gasteiger partial charge < -0.3 is 15.5 Å². The number of fused-ring (bicyclic) bond motifs is 1. The van der Waals surface area contributed by atoms with Crippen LogP contribution in [0.3, 0.4) is 0 Å². The van der Waals surface area contributed by atoms with Gasteiger partial charge in [0.1, 0.15) is 5.75 Å². The van der Waals surface area contributed by atoms with E-state index in [1.165, 1.54) is 6.42 Å². The van der Waals surface area contributed by atoms with Crippen molar-refractivity contribution in [3.05, 3.63) is 18.2 Å². The maximum absolute atomic E-state index is 6.38. The lowest BCUT2D eigenvalue weighted by Gasteiger charge is -2.25. The van der Waals surface area contributed by atoms with Gasteiger partial charge in [-0.15, -0.1) is 0 Å². The second-order valence-electron chi connectivity index (χ2n) is 6.36. The molecule has 1 heterocycles. The highest BCUT2D eigenvalue weighted by molar-refractivity contribution is 7.99. The summed E-state index contributed by atoms with van der Waals surface area (Å²) in [5.74, 6) is 0.879. The van der Waals surface area contributed by atoms with Crippen molar-refractivity contribution in [2.24, 2.45) is 11.1 Å². The first-order chi connectivity index (χ1) is 9.99. The minimum absolute atomic E-state index is 0.217. The summed E-state index contributed by atoms with van der Waals surface area (Å²) in [5.41, 5.74) is 8.61. The van der Waals surface area contributed by atoms with Crippen LogP contribution < -0.4 is 10.5 Å². The van der Waals surface area contributed by atoms with E-state index < -0.39 is 0 Å². The lowest BCUT2D eigenvalue weighted by molar-refractivity contribution is 0.334. The molecule has 0 saturated heterocycles. The Bertz CT molecular complexity index is 637. The summed E-state index contributed by atoms with van der Waals surface area (Å²) in [6.45, 7) is 7.17. The molecule has 3 N–H and O–H groups in total. The van der Waals surface area contributed by atoms with Crippen LogP contribution in [0.5, 0.6) is 5.75 Å². The van der Waals surface area contributed by atoms with Crippen LogP contribution >= 0.6 is 11.8 Å². The molecular formula is C16H23N3OS. The SMILES string of the molecule is CCOc1ccc2nc(SC3CCC(C)(C)C3N)[nH]c2c1. The van der Waals surface area contributed by atoms with Gasteiger partial charge in [-0.25, -0.2) is 4.98 Å². The van der Waals surface area contributed by atoms with Gasteiger partial charge in [0.25, 0.3) is 0 Å². The fourth-order valence-electron chi connectivity index (χ4n) is 2.92. The van der Waals surface area contributed by atoms with Crippen LogP contribution in [-0.2, 0) is 0 Å². The molecule has 1 fully saturated rings. The van der Waals surface area contributed by atoms with Crippen molar-refractivity contribution >= 4 is 22.8 Å². The lowest BCUT2D eigenvalue weighted by Crippen LogP contribution is -2.38. The van der Waals surface area contributed by atoms with Gasteiger partial charge in [0.2, 0.25) is 0 Å². The third-order valence-corrected chi connectivity index (χ3v) is 5.63. The molecule has 114 valence electrons. The van der Waals surface area contributed by atoms with Gasteiger partial charge in [0.15, 0.2) is 5.16 Å². The number of aromatic nitrogens is 2. The molecule has 2 aromatic rings. The molecule has 2 unspecified atom stereocenters. The number of nitrogens with one attached hydrogen (secondary N) is 1. The lowest BCUT2D eigenvalue weighted by atomic mass is 9.88. The molecule has 5 heteroatoms. The molecule has 1 aliphatic rings. The van der Waals surface area contributed by atoms with E-state index in [2.05, 4.69) is 23.8 Å². The van der Waals surface area contributed by atoms with Gasteiger partial charge in [0, 0.05) is 17.4 Å². The topological polar surface area (TPSA) is 63.9 Å². The van der Waals surface area contributed by atoms with E-state index in [1.807, 2.05) is 25.1 Å². The molecule has 0 amide bonds. The second-order valence-corrected chi connectivity index (χ2v) is 7.59. The molecule has 1 saturated carbocycles. The van der Waals surface area contributed by atoms with Gasteiger partial charge in [-0.1, -0.05) is 25.6 Å². The van der Waals surface area contributed by atoms with E-state index in [0.717, 1.165) is 28.4 Å². The maximum atomic E-state index is 6.38. The first-order valence-electron chi connectivity index (χ1n) is 7.54. The third-order valence-electron chi connectivity index (χ3n) is 4.38. The predicted molar refractivity (Wildman–Crippen MR) is 87.9 cm³/mol. The molecule has 0 aliphatic heterocycles. The molecule has 1 aromatic heterocycles. The van der Waals surface area contributed by atoms with Crippen molar-refractivity contribution in [2.45, 2.75) is 50.1 Å². The summed E-state index contributed by atoms with van der Waals surface area (Å²) in [7, 11) is 0. The number of aromatic amines is 1. The van der Waals surface area contributed by atoms with Crippen molar-refractivity contribution in [1.82, 2.24) is 9.97 Å². The van der Waals surface area contributed by atoms with Crippen molar-refractivity contribution in [3.63, 3.8) is 0 Å². The molecule has 4 nitrogen and oxygen atoms in total. The minimum Gasteiger partial charge on any atom is -0.494 e. The predicted octanol–water partition coefficient (Wildman–Crippen LogP) is 3.57. The number of rotatable bonds is 4. The normalized spacial score (nSPS) is 24.6. The molecule has 0 spiro atoms. The summed E-state index contributed by atoms with van der Waals surface area (Å²) in [6.07, 6.45) is 2.33. The van der Waals surface area contributed by atoms with Crippen molar-refractivity contribution in [2.75, 3.05) is 6.61 Å². The third kappa shape index (κ3) is 2.90. The Morgan fingerprint density at radius 1 is 1.48 bits per heavy atom. The van der Waals surface area contributed by atoms with Crippen LogP contribution in [0, 0.1) is 5.41 Å².